The van der Waals surface area contributed by atoms with Crippen LogP contribution in [0.3, 0.4) is 0 Å². The van der Waals surface area contributed by atoms with E-state index in [0.29, 0.717) is 19.8 Å². The van der Waals surface area contributed by atoms with Crippen LogP contribution in [0.4, 0.5) is 0 Å². The van der Waals surface area contributed by atoms with Crippen molar-refractivity contribution in [3.63, 3.8) is 0 Å². The third kappa shape index (κ3) is 10.1. The summed E-state index contributed by atoms with van der Waals surface area (Å²) in [6, 6.07) is 0. The van der Waals surface area contributed by atoms with E-state index in [-0.39, 0.29) is 6.29 Å². The Hall–Kier alpha value is -0.200. The molecule has 0 saturated carbocycles. The van der Waals surface area contributed by atoms with Gasteiger partial charge in [-0.05, 0) is 19.8 Å². The van der Waals surface area contributed by atoms with Gasteiger partial charge in [-0.1, -0.05) is 12.6 Å². The molecule has 0 rings (SSSR count). The van der Waals surface area contributed by atoms with Gasteiger partial charge in [0, 0.05) is 20.1 Å². The fraction of sp³-hybridized carbons (Fsp3) is 1.00. The van der Waals surface area contributed by atoms with Crippen LogP contribution in [0.5, 0.6) is 0 Å². The molecule has 0 amide bonds. The van der Waals surface area contributed by atoms with E-state index in [1.54, 1.807) is 7.11 Å². The quantitative estimate of drug-likeness (QED) is 0.326. The van der Waals surface area contributed by atoms with Crippen molar-refractivity contribution in [2.24, 2.45) is 0 Å². The van der Waals surface area contributed by atoms with E-state index in [2.05, 4.69) is 5.64 Å². The van der Waals surface area contributed by atoms with Gasteiger partial charge in [-0.3, -0.25) is 9.68 Å². The zero-order chi connectivity index (χ0) is 11.4. The molecule has 0 radical (unpaired) electrons. The molecule has 1 atom stereocenters. The van der Waals surface area contributed by atoms with Gasteiger partial charge in [0.1, 0.15) is 0 Å². The molecule has 0 bridgehead atoms. The minimum Gasteiger partial charge on any atom is -0.356 e. The molecule has 0 aromatic heterocycles. The van der Waals surface area contributed by atoms with Crippen LogP contribution in [0.15, 0.2) is 0 Å². The molecule has 92 valence electrons. The molecule has 5 heteroatoms. The first-order chi connectivity index (χ1) is 7.35. The number of methoxy groups -OCH3 is 1. The van der Waals surface area contributed by atoms with Crippen molar-refractivity contribution >= 4 is 0 Å². The van der Waals surface area contributed by atoms with Gasteiger partial charge in [0.2, 0.25) is 0 Å². The number of rotatable bonds is 11. The highest BCUT2D eigenvalue weighted by molar-refractivity contribution is 4.44. The van der Waals surface area contributed by atoms with E-state index < -0.39 is 0 Å². The minimum atomic E-state index is -0.129. The Labute approximate surface area is 91.9 Å². The van der Waals surface area contributed by atoms with E-state index in [1.165, 1.54) is 0 Å². The van der Waals surface area contributed by atoms with Gasteiger partial charge >= 0.3 is 0 Å². The molecular weight excluding hydrogens is 198 g/mol. The van der Waals surface area contributed by atoms with Crippen LogP contribution < -0.4 is 5.64 Å². The number of hydrogen-bond acceptors (Lipinski definition) is 5. The van der Waals surface area contributed by atoms with Gasteiger partial charge in [0.15, 0.2) is 6.29 Å². The Morgan fingerprint density at radius 1 is 1.13 bits per heavy atom. The molecular formula is C10H23NO4. The van der Waals surface area contributed by atoms with Crippen molar-refractivity contribution in [2.75, 3.05) is 26.9 Å². The maximum Gasteiger partial charge on any atom is 0.157 e. The van der Waals surface area contributed by atoms with E-state index >= 15 is 0 Å². The average Bonchev–Trinajstić information content (AvgIpc) is 2.26. The molecule has 5 nitrogen and oxygen atoms in total. The predicted molar refractivity (Wildman–Crippen MR) is 57.0 cm³/mol. The highest BCUT2D eigenvalue weighted by atomic mass is 16.9. The lowest BCUT2D eigenvalue weighted by Gasteiger charge is -2.14. The molecule has 0 aliphatic carbocycles. The highest BCUT2D eigenvalue weighted by Gasteiger charge is 2.05. The van der Waals surface area contributed by atoms with Crippen LogP contribution in [0.25, 0.3) is 0 Å². The lowest BCUT2D eigenvalue weighted by Crippen LogP contribution is -2.19. The van der Waals surface area contributed by atoms with Crippen LogP contribution in [-0.2, 0) is 19.1 Å². The summed E-state index contributed by atoms with van der Waals surface area (Å²) < 4.78 is 10.4. The SMILES string of the molecule is CCCONOCCCC(OC)OCC. The Morgan fingerprint density at radius 2 is 1.87 bits per heavy atom. The van der Waals surface area contributed by atoms with Crippen LogP contribution in [0, 0.1) is 0 Å². The van der Waals surface area contributed by atoms with Crippen molar-refractivity contribution in [3.8, 4) is 0 Å². The second-order valence-electron chi connectivity index (χ2n) is 3.04. The third-order valence-corrected chi connectivity index (χ3v) is 1.73. The molecule has 0 spiro atoms. The first-order valence-electron chi connectivity index (χ1n) is 5.48. The Kier molecular flexibility index (Phi) is 11.7. The molecule has 15 heavy (non-hydrogen) atoms. The standard InChI is InChI=1S/C10H23NO4/c1-4-8-14-11-15-9-6-7-10(12-3)13-5-2/h10-11H,4-9H2,1-3H3. The lowest BCUT2D eigenvalue weighted by atomic mass is 10.3. The predicted octanol–water partition coefficient (Wildman–Crippen LogP) is 1.64. The fourth-order valence-corrected chi connectivity index (χ4v) is 1.00. The monoisotopic (exact) mass is 221 g/mol. The molecule has 0 aromatic rings. The van der Waals surface area contributed by atoms with Crippen molar-refractivity contribution in [3.05, 3.63) is 0 Å². The fourth-order valence-electron chi connectivity index (χ4n) is 1.00. The second-order valence-corrected chi connectivity index (χ2v) is 3.04. The van der Waals surface area contributed by atoms with E-state index in [4.69, 9.17) is 19.1 Å². The summed E-state index contributed by atoms with van der Waals surface area (Å²) >= 11 is 0. The van der Waals surface area contributed by atoms with Crippen LogP contribution >= 0.6 is 0 Å². The van der Waals surface area contributed by atoms with E-state index in [0.717, 1.165) is 19.3 Å². The summed E-state index contributed by atoms with van der Waals surface area (Å²) in [6.45, 7) is 5.88. The average molecular weight is 221 g/mol. The van der Waals surface area contributed by atoms with Crippen molar-refractivity contribution in [1.82, 2.24) is 5.64 Å². The topological polar surface area (TPSA) is 49.0 Å². The second kappa shape index (κ2) is 11.9. The normalized spacial score (nSPS) is 13.0. The van der Waals surface area contributed by atoms with E-state index in [9.17, 15) is 0 Å². The molecule has 0 fully saturated rings. The van der Waals surface area contributed by atoms with Gasteiger partial charge in [0.05, 0.1) is 13.2 Å². The molecule has 0 aliphatic rings. The zero-order valence-corrected chi connectivity index (χ0v) is 9.95. The maximum atomic E-state index is 5.31. The van der Waals surface area contributed by atoms with Crippen molar-refractivity contribution in [2.45, 2.75) is 39.4 Å². The minimum absolute atomic E-state index is 0.129. The summed E-state index contributed by atoms with van der Waals surface area (Å²) in [5.41, 5.74) is 2.43. The largest absolute Gasteiger partial charge is 0.356 e. The molecule has 0 aromatic carbocycles. The number of nitrogens with one attached hydrogen (secondary N) is 1. The summed E-state index contributed by atoms with van der Waals surface area (Å²) in [5, 5.41) is 0. The van der Waals surface area contributed by atoms with E-state index in [1.807, 2.05) is 13.8 Å². The molecule has 0 saturated heterocycles. The van der Waals surface area contributed by atoms with Crippen molar-refractivity contribution in [1.29, 1.82) is 0 Å². The molecule has 1 unspecified atom stereocenters. The van der Waals surface area contributed by atoms with Gasteiger partial charge in [-0.15, -0.1) is 0 Å². The zero-order valence-electron chi connectivity index (χ0n) is 9.95. The summed E-state index contributed by atoms with van der Waals surface area (Å²) in [5.74, 6) is 0. The van der Waals surface area contributed by atoms with Gasteiger partial charge in [-0.25, -0.2) is 0 Å². The number of hydrogen-bond donors (Lipinski definition) is 1. The van der Waals surface area contributed by atoms with Gasteiger partial charge in [-0.2, -0.15) is 0 Å². The Balaban J connectivity index is 3.14. The molecule has 1 N–H and O–H groups in total. The first-order valence-corrected chi connectivity index (χ1v) is 5.48. The summed E-state index contributed by atoms with van der Waals surface area (Å²) in [7, 11) is 1.64. The first kappa shape index (κ1) is 14.8. The molecule has 0 aliphatic heterocycles. The van der Waals surface area contributed by atoms with Crippen LogP contribution in [-0.4, -0.2) is 33.2 Å². The third-order valence-electron chi connectivity index (χ3n) is 1.73. The maximum absolute atomic E-state index is 5.31. The Bertz CT molecular complexity index is 124. The van der Waals surface area contributed by atoms with Crippen LogP contribution in [0.1, 0.15) is 33.1 Å². The van der Waals surface area contributed by atoms with Crippen LogP contribution in [0.2, 0.25) is 0 Å². The Morgan fingerprint density at radius 3 is 2.47 bits per heavy atom. The number of ether oxygens (including phenoxy) is 2. The highest BCUT2D eigenvalue weighted by Crippen LogP contribution is 2.02. The van der Waals surface area contributed by atoms with Gasteiger partial charge in [0.25, 0.3) is 0 Å². The summed E-state index contributed by atoms with van der Waals surface area (Å²) in [6.07, 6.45) is 2.52. The van der Waals surface area contributed by atoms with Crippen molar-refractivity contribution < 1.29 is 19.1 Å². The summed E-state index contributed by atoms with van der Waals surface area (Å²) in [4.78, 5) is 9.95. The molecule has 0 heterocycles. The van der Waals surface area contributed by atoms with Gasteiger partial charge < -0.3 is 9.47 Å². The lowest BCUT2D eigenvalue weighted by molar-refractivity contribution is -0.176. The smallest absolute Gasteiger partial charge is 0.157 e.